The molecule has 41 heavy (non-hydrogen) atoms. The molecule has 1 aliphatic rings. The maximum absolute atomic E-state index is 6.39. The molecule has 6 aromatic carbocycles. The largest absolute Gasteiger partial charge is 0.455 e. The first-order valence-electron chi connectivity index (χ1n) is 13.8. The van der Waals surface area contributed by atoms with Crippen molar-refractivity contribution in [3.05, 3.63) is 133 Å². The Morgan fingerprint density at radius 2 is 1.10 bits per heavy atom. The fraction of sp³-hybridized carbons (Fsp3) is 0. The number of aromatic nitrogens is 2. The van der Waals surface area contributed by atoms with Crippen molar-refractivity contribution in [3.8, 4) is 56.2 Å². The predicted molar refractivity (Wildman–Crippen MR) is 168 cm³/mol. The third-order valence-corrected chi connectivity index (χ3v) is 8.22. The Labute approximate surface area is 236 Å². The molecule has 3 nitrogen and oxygen atoms in total. The topological polar surface area (TPSA) is 38.9 Å². The van der Waals surface area contributed by atoms with E-state index in [1.165, 1.54) is 27.6 Å². The predicted octanol–water partition coefficient (Wildman–Crippen LogP) is 10.2. The Bertz CT molecular complexity index is 2240. The van der Waals surface area contributed by atoms with E-state index in [1.54, 1.807) is 0 Å². The lowest BCUT2D eigenvalue weighted by Gasteiger charge is -2.11. The smallest absolute Gasteiger partial charge is 0.160 e. The highest BCUT2D eigenvalue weighted by Crippen LogP contribution is 2.51. The molecule has 0 radical (unpaired) electrons. The summed E-state index contributed by atoms with van der Waals surface area (Å²) in [6.07, 6.45) is 0. The second kappa shape index (κ2) is 8.48. The molecule has 190 valence electrons. The van der Waals surface area contributed by atoms with Gasteiger partial charge in [-0.3, -0.25) is 0 Å². The van der Waals surface area contributed by atoms with Gasteiger partial charge in [0.2, 0.25) is 0 Å². The van der Waals surface area contributed by atoms with E-state index < -0.39 is 0 Å². The molecule has 0 saturated carbocycles. The maximum atomic E-state index is 6.39. The van der Waals surface area contributed by atoms with Crippen LogP contribution in [0.5, 0.6) is 0 Å². The molecular formula is C38H22N2O. The number of hydrogen-bond donors (Lipinski definition) is 0. The summed E-state index contributed by atoms with van der Waals surface area (Å²) in [5.41, 5.74) is 11.7. The average Bonchev–Trinajstić information content (AvgIpc) is 3.58. The van der Waals surface area contributed by atoms with Gasteiger partial charge in [0.1, 0.15) is 11.2 Å². The van der Waals surface area contributed by atoms with Gasteiger partial charge in [0, 0.05) is 38.2 Å². The van der Waals surface area contributed by atoms with Crippen LogP contribution in [0.2, 0.25) is 0 Å². The van der Waals surface area contributed by atoms with Crippen molar-refractivity contribution in [2.75, 3.05) is 0 Å². The highest BCUT2D eigenvalue weighted by molar-refractivity contribution is 6.26. The summed E-state index contributed by atoms with van der Waals surface area (Å²) < 4.78 is 6.39. The van der Waals surface area contributed by atoms with Gasteiger partial charge in [-0.25, -0.2) is 9.97 Å². The Hall–Kier alpha value is -5.54. The molecule has 3 heteroatoms. The molecule has 0 saturated heterocycles. The van der Waals surface area contributed by atoms with Gasteiger partial charge >= 0.3 is 0 Å². The van der Waals surface area contributed by atoms with Crippen LogP contribution in [0.25, 0.3) is 88.9 Å². The average molecular weight is 523 g/mol. The van der Waals surface area contributed by atoms with Crippen LogP contribution in [0.15, 0.2) is 138 Å². The van der Waals surface area contributed by atoms with E-state index in [4.69, 9.17) is 14.4 Å². The van der Waals surface area contributed by atoms with Gasteiger partial charge in [-0.1, -0.05) is 109 Å². The highest BCUT2D eigenvalue weighted by Gasteiger charge is 2.25. The van der Waals surface area contributed by atoms with Gasteiger partial charge in [-0.05, 0) is 46.5 Å². The fourth-order valence-electron chi connectivity index (χ4n) is 6.32. The maximum Gasteiger partial charge on any atom is 0.160 e. The van der Waals surface area contributed by atoms with Gasteiger partial charge in [0.15, 0.2) is 5.82 Å². The minimum atomic E-state index is 0.718. The molecule has 9 rings (SSSR count). The lowest BCUT2D eigenvalue weighted by molar-refractivity contribution is 0.672. The molecule has 0 amide bonds. The SMILES string of the molecule is c1ccc(-c2cc(-c3ccccc3)nc(-c3ccc4c(c3)-c3cccc5c3c-4cc3c4ccccc4oc53)n2)cc1. The van der Waals surface area contributed by atoms with Crippen molar-refractivity contribution in [3.63, 3.8) is 0 Å². The second-order valence-electron chi connectivity index (χ2n) is 10.6. The van der Waals surface area contributed by atoms with Crippen molar-refractivity contribution >= 4 is 32.7 Å². The highest BCUT2D eigenvalue weighted by atomic mass is 16.3. The molecule has 8 aromatic rings. The van der Waals surface area contributed by atoms with Gasteiger partial charge in [0.05, 0.1) is 11.4 Å². The summed E-state index contributed by atoms with van der Waals surface area (Å²) in [4.78, 5) is 10.1. The molecule has 1 aliphatic carbocycles. The molecule has 0 N–H and O–H groups in total. The summed E-state index contributed by atoms with van der Waals surface area (Å²) in [6, 6.07) is 46.5. The number of hydrogen-bond acceptors (Lipinski definition) is 3. The van der Waals surface area contributed by atoms with E-state index in [0.717, 1.165) is 61.2 Å². The number of furan rings is 1. The van der Waals surface area contributed by atoms with Crippen LogP contribution >= 0.6 is 0 Å². The van der Waals surface area contributed by atoms with Crippen LogP contribution < -0.4 is 0 Å². The third-order valence-electron chi connectivity index (χ3n) is 8.22. The number of fused-ring (bicyclic) bond motifs is 7. The van der Waals surface area contributed by atoms with Gasteiger partial charge in [-0.15, -0.1) is 0 Å². The van der Waals surface area contributed by atoms with Gasteiger partial charge < -0.3 is 4.42 Å². The molecule has 2 aromatic heterocycles. The van der Waals surface area contributed by atoms with Crippen LogP contribution in [-0.2, 0) is 0 Å². The molecule has 0 bridgehead atoms. The first-order valence-corrected chi connectivity index (χ1v) is 13.8. The van der Waals surface area contributed by atoms with E-state index in [2.05, 4.69) is 84.9 Å². The lowest BCUT2D eigenvalue weighted by Crippen LogP contribution is -1.96. The van der Waals surface area contributed by atoms with Crippen LogP contribution in [0.4, 0.5) is 0 Å². The first-order chi connectivity index (χ1) is 20.3. The van der Waals surface area contributed by atoms with Gasteiger partial charge in [-0.2, -0.15) is 0 Å². The molecular weight excluding hydrogens is 500 g/mol. The zero-order chi connectivity index (χ0) is 26.9. The van der Waals surface area contributed by atoms with Crippen LogP contribution in [0.3, 0.4) is 0 Å². The van der Waals surface area contributed by atoms with E-state index in [0.29, 0.717) is 0 Å². The van der Waals surface area contributed by atoms with Crippen molar-refractivity contribution in [2.45, 2.75) is 0 Å². The normalized spacial score (nSPS) is 11.9. The van der Waals surface area contributed by atoms with Crippen LogP contribution in [0.1, 0.15) is 0 Å². The molecule has 0 atom stereocenters. The zero-order valence-corrected chi connectivity index (χ0v) is 22.0. The molecule has 0 fully saturated rings. The summed E-state index contributed by atoms with van der Waals surface area (Å²) in [5, 5.41) is 4.70. The summed E-state index contributed by atoms with van der Waals surface area (Å²) in [7, 11) is 0. The standard InChI is InChI=1S/C38H22N2O/c1-3-10-23(11-4-1)33-22-34(24-12-5-2-6-13-24)40-38(39-33)25-18-19-26-30(20-25)28-15-9-16-29-36(28)31(26)21-32-27-14-7-8-17-35(27)41-37(29)32/h1-22H. The number of nitrogens with zero attached hydrogens (tertiary/aromatic N) is 2. The lowest BCUT2D eigenvalue weighted by atomic mass is 9.99. The number of benzene rings is 6. The molecule has 0 aliphatic heterocycles. The van der Waals surface area contributed by atoms with Crippen molar-refractivity contribution in [1.29, 1.82) is 0 Å². The number of rotatable bonds is 3. The van der Waals surface area contributed by atoms with E-state index in [1.807, 2.05) is 48.5 Å². The van der Waals surface area contributed by atoms with Crippen molar-refractivity contribution in [1.82, 2.24) is 9.97 Å². The summed E-state index contributed by atoms with van der Waals surface area (Å²) >= 11 is 0. The Kier molecular flexibility index (Phi) is 4.61. The van der Waals surface area contributed by atoms with Gasteiger partial charge in [0.25, 0.3) is 0 Å². The van der Waals surface area contributed by atoms with Crippen molar-refractivity contribution < 1.29 is 4.42 Å². The monoisotopic (exact) mass is 522 g/mol. The van der Waals surface area contributed by atoms with E-state index in [9.17, 15) is 0 Å². The Morgan fingerprint density at radius 1 is 0.415 bits per heavy atom. The van der Waals surface area contributed by atoms with E-state index in [-0.39, 0.29) is 0 Å². The van der Waals surface area contributed by atoms with Crippen molar-refractivity contribution in [2.24, 2.45) is 0 Å². The summed E-state index contributed by atoms with van der Waals surface area (Å²) in [6.45, 7) is 0. The summed E-state index contributed by atoms with van der Waals surface area (Å²) in [5.74, 6) is 0.718. The minimum absolute atomic E-state index is 0.718. The minimum Gasteiger partial charge on any atom is -0.455 e. The first kappa shape index (κ1) is 22.3. The van der Waals surface area contributed by atoms with E-state index >= 15 is 0 Å². The number of para-hydroxylation sites is 1. The second-order valence-corrected chi connectivity index (χ2v) is 10.6. The zero-order valence-electron chi connectivity index (χ0n) is 22.0. The van der Waals surface area contributed by atoms with Crippen LogP contribution in [-0.4, -0.2) is 9.97 Å². The third kappa shape index (κ3) is 3.33. The van der Waals surface area contributed by atoms with Crippen LogP contribution in [0, 0.1) is 0 Å². The Balaban J connectivity index is 1.26. The molecule has 0 unspecified atom stereocenters. The quantitative estimate of drug-likeness (QED) is 0.232. The molecule has 2 heterocycles. The molecule has 0 spiro atoms. The fourth-order valence-corrected chi connectivity index (χ4v) is 6.32. The Morgan fingerprint density at radius 3 is 1.85 bits per heavy atom.